The number of nitrogens with zero attached hydrogens (tertiary/aromatic N) is 1. The standard InChI is InChI=1S/C24H23FN2O3/c1-3-26-22(28)13-21-18-12-23(29)27(2)14-20(18)17-10-9-16(25)11-19(17)24(30-21)15-7-5-4-6-8-15/h4-12,14,21,24H,3,13H2,1-2H3,(H,26,28). The fraction of sp³-hybridized carbons (Fsp3) is 0.250. The maximum Gasteiger partial charge on any atom is 0.250 e. The molecule has 1 aliphatic heterocycles. The Balaban J connectivity index is 1.94. The lowest BCUT2D eigenvalue weighted by atomic mass is 9.91. The molecule has 0 radical (unpaired) electrons. The Kier molecular flexibility index (Phi) is 5.50. The molecule has 2 heterocycles. The molecule has 0 bridgehead atoms. The first-order valence-electron chi connectivity index (χ1n) is 9.95. The van der Waals surface area contributed by atoms with E-state index in [9.17, 15) is 14.0 Å². The number of rotatable bonds is 4. The van der Waals surface area contributed by atoms with E-state index in [1.54, 1.807) is 19.3 Å². The molecule has 1 N–H and O–H groups in total. The van der Waals surface area contributed by atoms with E-state index in [4.69, 9.17) is 4.74 Å². The normalized spacial score (nSPS) is 17.6. The molecule has 30 heavy (non-hydrogen) atoms. The summed E-state index contributed by atoms with van der Waals surface area (Å²) in [6.07, 6.45) is 0.564. The van der Waals surface area contributed by atoms with Gasteiger partial charge < -0.3 is 14.6 Å². The van der Waals surface area contributed by atoms with Crippen LogP contribution in [-0.2, 0) is 16.6 Å². The van der Waals surface area contributed by atoms with E-state index in [1.807, 2.05) is 37.3 Å². The number of ether oxygens (including phenoxy) is 1. The molecule has 0 saturated heterocycles. The molecule has 5 nitrogen and oxygen atoms in total. The van der Waals surface area contributed by atoms with Gasteiger partial charge >= 0.3 is 0 Å². The van der Waals surface area contributed by atoms with Gasteiger partial charge in [-0.05, 0) is 41.3 Å². The largest absolute Gasteiger partial charge is 0.360 e. The fourth-order valence-corrected chi connectivity index (χ4v) is 3.92. The van der Waals surface area contributed by atoms with Crippen LogP contribution in [0.1, 0.15) is 42.2 Å². The van der Waals surface area contributed by atoms with Crippen molar-refractivity contribution in [1.82, 2.24) is 9.88 Å². The van der Waals surface area contributed by atoms with Gasteiger partial charge in [0.1, 0.15) is 11.9 Å². The Morgan fingerprint density at radius 2 is 1.87 bits per heavy atom. The van der Waals surface area contributed by atoms with Crippen LogP contribution in [0.5, 0.6) is 0 Å². The molecule has 1 aliphatic rings. The Morgan fingerprint density at radius 1 is 1.10 bits per heavy atom. The van der Waals surface area contributed by atoms with Crippen LogP contribution in [-0.4, -0.2) is 17.0 Å². The number of fused-ring (bicyclic) bond motifs is 3. The summed E-state index contributed by atoms with van der Waals surface area (Å²) >= 11 is 0. The van der Waals surface area contributed by atoms with E-state index in [0.717, 1.165) is 16.7 Å². The average molecular weight is 406 g/mol. The van der Waals surface area contributed by atoms with Gasteiger partial charge in [0.2, 0.25) is 5.91 Å². The number of amides is 1. The van der Waals surface area contributed by atoms with Crippen LogP contribution in [0.15, 0.2) is 65.6 Å². The van der Waals surface area contributed by atoms with Gasteiger partial charge in [-0.1, -0.05) is 36.4 Å². The number of halogens is 1. The van der Waals surface area contributed by atoms with Crippen molar-refractivity contribution in [2.24, 2.45) is 7.05 Å². The van der Waals surface area contributed by atoms with E-state index in [-0.39, 0.29) is 23.7 Å². The number of benzene rings is 2. The Hall–Kier alpha value is -3.25. The van der Waals surface area contributed by atoms with Crippen molar-refractivity contribution in [2.75, 3.05) is 6.54 Å². The molecule has 6 heteroatoms. The molecule has 1 amide bonds. The summed E-state index contributed by atoms with van der Waals surface area (Å²) in [6.45, 7) is 2.35. The first kappa shape index (κ1) is 20.0. The van der Waals surface area contributed by atoms with Gasteiger partial charge in [-0.25, -0.2) is 4.39 Å². The van der Waals surface area contributed by atoms with Crippen molar-refractivity contribution < 1.29 is 13.9 Å². The molecule has 1 aromatic heterocycles. The van der Waals surface area contributed by atoms with Crippen LogP contribution in [0.4, 0.5) is 4.39 Å². The van der Waals surface area contributed by atoms with Crippen molar-refractivity contribution in [1.29, 1.82) is 0 Å². The monoisotopic (exact) mass is 406 g/mol. The number of nitrogens with one attached hydrogen (secondary N) is 1. The number of carbonyl (C=O) groups excluding carboxylic acids is 1. The minimum atomic E-state index is -0.652. The van der Waals surface area contributed by atoms with Crippen LogP contribution in [0.3, 0.4) is 0 Å². The minimum Gasteiger partial charge on any atom is -0.360 e. The van der Waals surface area contributed by atoms with Gasteiger partial charge in [-0.3, -0.25) is 9.59 Å². The van der Waals surface area contributed by atoms with Crippen LogP contribution in [0, 0.1) is 5.82 Å². The van der Waals surface area contributed by atoms with E-state index in [2.05, 4.69) is 5.32 Å². The molecule has 2 unspecified atom stereocenters. The zero-order valence-electron chi connectivity index (χ0n) is 16.9. The van der Waals surface area contributed by atoms with Gasteiger partial charge in [-0.2, -0.15) is 0 Å². The summed E-state index contributed by atoms with van der Waals surface area (Å²) in [6, 6.07) is 15.6. The van der Waals surface area contributed by atoms with Crippen molar-refractivity contribution in [3.8, 4) is 11.1 Å². The number of aryl methyl sites for hydroxylation is 1. The third kappa shape index (κ3) is 3.78. The second kappa shape index (κ2) is 8.24. The maximum atomic E-state index is 14.3. The third-order valence-corrected chi connectivity index (χ3v) is 5.34. The van der Waals surface area contributed by atoms with Crippen molar-refractivity contribution in [3.05, 3.63) is 93.7 Å². The zero-order valence-corrected chi connectivity index (χ0v) is 16.9. The highest BCUT2D eigenvalue weighted by Gasteiger charge is 2.32. The van der Waals surface area contributed by atoms with Crippen LogP contribution in [0.25, 0.3) is 11.1 Å². The second-order valence-corrected chi connectivity index (χ2v) is 7.40. The average Bonchev–Trinajstić information content (AvgIpc) is 2.84. The molecule has 154 valence electrons. The summed E-state index contributed by atoms with van der Waals surface area (Å²) in [7, 11) is 1.67. The summed E-state index contributed by atoms with van der Waals surface area (Å²) in [5.41, 5.74) is 3.51. The highest BCUT2D eigenvalue weighted by molar-refractivity contribution is 5.78. The molecular weight excluding hydrogens is 383 g/mol. The summed E-state index contributed by atoms with van der Waals surface area (Å²) < 4.78 is 22.2. The van der Waals surface area contributed by atoms with Gasteiger partial charge in [0.05, 0.1) is 12.5 Å². The van der Waals surface area contributed by atoms with Crippen LogP contribution >= 0.6 is 0 Å². The molecule has 0 saturated carbocycles. The van der Waals surface area contributed by atoms with Gasteiger partial charge in [0.15, 0.2) is 0 Å². The number of hydrogen-bond acceptors (Lipinski definition) is 3. The van der Waals surface area contributed by atoms with E-state index in [1.165, 1.54) is 22.8 Å². The molecule has 0 spiro atoms. The minimum absolute atomic E-state index is 0.0633. The number of carbonyl (C=O) groups is 1. The number of aromatic nitrogens is 1. The molecule has 0 aliphatic carbocycles. The molecule has 2 atom stereocenters. The summed E-state index contributed by atoms with van der Waals surface area (Å²) in [5.74, 6) is -0.537. The summed E-state index contributed by atoms with van der Waals surface area (Å²) in [5, 5.41) is 2.79. The van der Waals surface area contributed by atoms with Crippen molar-refractivity contribution in [2.45, 2.75) is 25.6 Å². The summed E-state index contributed by atoms with van der Waals surface area (Å²) in [4.78, 5) is 24.8. The predicted molar refractivity (Wildman–Crippen MR) is 112 cm³/mol. The topological polar surface area (TPSA) is 60.3 Å². The molecule has 3 aromatic rings. The predicted octanol–water partition coefficient (Wildman–Crippen LogP) is 3.88. The molecule has 2 aromatic carbocycles. The van der Waals surface area contributed by atoms with E-state index < -0.39 is 12.2 Å². The molecule has 0 fully saturated rings. The first-order valence-corrected chi connectivity index (χ1v) is 9.95. The van der Waals surface area contributed by atoms with Gasteiger partial charge in [0.25, 0.3) is 5.56 Å². The first-order chi connectivity index (χ1) is 14.5. The van der Waals surface area contributed by atoms with Gasteiger partial charge in [-0.15, -0.1) is 0 Å². The highest BCUT2D eigenvalue weighted by atomic mass is 19.1. The van der Waals surface area contributed by atoms with Crippen molar-refractivity contribution >= 4 is 5.91 Å². The van der Waals surface area contributed by atoms with Crippen LogP contribution in [0.2, 0.25) is 0 Å². The highest BCUT2D eigenvalue weighted by Crippen LogP contribution is 2.44. The Morgan fingerprint density at radius 3 is 2.60 bits per heavy atom. The van der Waals surface area contributed by atoms with Crippen LogP contribution < -0.4 is 10.9 Å². The smallest absolute Gasteiger partial charge is 0.250 e. The molecule has 4 rings (SSSR count). The lowest BCUT2D eigenvalue weighted by molar-refractivity contribution is -0.124. The number of pyridine rings is 1. The SMILES string of the molecule is CCNC(=O)CC1OC(c2ccccc2)c2cc(F)ccc2-c2cn(C)c(=O)cc21. The van der Waals surface area contributed by atoms with Gasteiger partial charge in [0, 0.05) is 31.4 Å². The third-order valence-electron chi connectivity index (χ3n) is 5.34. The Labute approximate surface area is 174 Å². The quantitative estimate of drug-likeness (QED) is 0.715. The number of hydrogen-bond donors (Lipinski definition) is 1. The van der Waals surface area contributed by atoms with E-state index in [0.29, 0.717) is 17.7 Å². The van der Waals surface area contributed by atoms with E-state index >= 15 is 0 Å². The molecular formula is C24H23FN2O3. The maximum absolute atomic E-state index is 14.3. The fourth-order valence-electron chi connectivity index (χ4n) is 3.92. The van der Waals surface area contributed by atoms with Crippen molar-refractivity contribution in [3.63, 3.8) is 0 Å². The second-order valence-electron chi connectivity index (χ2n) is 7.40. The Bertz CT molecular complexity index is 1140. The zero-order chi connectivity index (χ0) is 21.3. The lowest BCUT2D eigenvalue weighted by Gasteiger charge is -2.24. The lowest BCUT2D eigenvalue weighted by Crippen LogP contribution is -2.26.